The number of rotatable bonds is 7. The van der Waals surface area contributed by atoms with Gasteiger partial charge >= 0.3 is 0 Å². The maximum Gasteiger partial charge on any atom is 0.215 e. The average molecular weight is 387 g/mol. The standard InChI is InChI=1S/C22H34N2O2Si/c1-6-14-27(4,5)24-19(25)15-22(8-3)21-18(12-13-26-22)17-11-9-10-16(7-2)20(17)23-21/h9-11,23H,6-8,12-15H2,1-5H3,(H,24,25). The average Bonchev–Trinajstić information content (AvgIpc) is 3.01. The van der Waals surface area contributed by atoms with Crippen molar-refractivity contribution in [2.24, 2.45) is 0 Å². The second-order valence-electron chi connectivity index (χ2n) is 8.48. The van der Waals surface area contributed by atoms with Crippen molar-refractivity contribution in [1.29, 1.82) is 0 Å². The molecule has 1 aromatic heterocycles. The van der Waals surface area contributed by atoms with E-state index >= 15 is 0 Å². The first-order chi connectivity index (χ1) is 12.9. The molecule has 0 aliphatic carbocycles. The van der Waals surface area contributed by atoms with Crippen LogP contribution >= 0.6 is 0 Å². The Labute approximate surface area is 164 Å². The molecule has 0 fully saturated rings. The quantitative estimate of drug-likeness (QED) is 0.656. The van der Waals surface area contributed by atoms with Gasteiger partial charge in [0.25, 0.3) is 0 Å². The summed E-state index contributed by atoms with van der Waals surface area (Å²) in [5.74, 6) is 0.129. The van der Waals surface area contributed by atoms with E-state index in [1.165, 1.54) is 22.0 Å². The van der Waals surface area contributed by atoms with Crippen LogP contribution in [-0.2, 0) is 28.0 Å². The van der Waals surface area contributed by atoms with Crippen LogP contribution in [0.25, 0.3) is 10.9 Å². The van der Waals surface area contributed by atoms with Gasteiger partial charge < -0.3 is 14.7 Å². The van der Waals surface area contributed by atoms with E-state index in [1.807, 2.05) is 0 Å². The van der Waals surface area contributed by atoms with Crippen molar-refractivity contribution < 1.29 is 9.53 Å². The number of hydrogen-bond donors (Lipinski definition) is 2. The second-order valence-corrected chi connectivity index (χ2v) is 13.0. The number of carbonyl (C=O) groups is 1. The molecule has 0 radical (unpaired) electrons. The van der Waals surface area contributed by atoms with Gasteiger partial charge in [0, 0.05) is 10.9 Å². The fourth-order valence-corrected chi connectivity index (χ4v) is 6.83. The molecule has 0 saturated heterocycles. The Bertz CT molecular complexity index is 827. The van der Waals surface area contributed by atoms with E-state index in [0.717, 1.165) is 37.4 Å². The van der Waals surface area contributed by atoms with Crippen molar-refractivity contribution in [3.8, 4) is 0 Å². The Morgan fingerprint density at radius 2 is 2.07 bits per heavy atom. The Balaban J connectivity index is 1.97. The summed E-state index contributed by atoms with van der Waals surface area (Å²) in [5, 5.41) is 1.30. The molecule has 3 rings (SSSR count). The van der Waals surface area contributed by atoms with E-state index in [1.54, 1.807) is 0 Å². The number of carbonyl (C=O) groups excluding carboxylic acids is 1. The molecule has 1 unspecified atom stereocenters. The van der Waals surface area contributed by atoms with Gasteiger partial charge in [-0.15, -0.1) is 0 Å². The summed E-state index contributed by atoms with van der Waals surface area (Å²) < 4.78 is 6.31. The van der Waals surface area contributed by atoms with Crippen LogP contribution in [-0.4, -0.2) is 25.7 Å². The van der Waals surface area contributed by atoms with E-state index < -0.39 is 13.8 Å². The molecule has 1 aliphatic heterocycles. The van der Waals surface area contributed by atoms with Gasteiger partial charge in [-0.3, -0.25) is 4.79 Å². The molecule has 0 spiro atoms. The van der Waals surface area contributed by atoms with Crippen molar-refractivity contribution in [1.82, 2.24) is 9.97 Å². The van der Waals surface area contributed by atoms with Gasteiger partial charge in [-0.1, -0.05) is 58.5 Å². The zero-order valence-electron chi connectivity index (χ0n) is 17.5. The van der Waals surface area contributed by atoms with Gasteiger partial charge in [0.2, 0.25) is 5.91 Å². The predicted molar refractivity (Wildman–Crippen MR) is 115 cm³/mol. The molecule has 0 saturated carbocycles. The van der Waals surface area contributed by atoms with Crippen LogP contribution in [0.5, 0.6) is 0 Å². The van der Waals surface area contributed by atoms with Crippen LogP contribution in [0.2, 0.25) is 19.1 Å². The molecule has 2 heterocycles. The van der Waals surface area contributed by atoms with Gasteiger partial charge in [0.05, 0.1) is 18.7 Å². The number of ether oxygens (including phenoxy) is 1. The molecule has 1 aliphatic rings. The molecule has 1 aromatic carbocycles. The largest absolute Gasteiger partial charge is 0.382 e. The van der Waals surface area contributed by atoms with Crippen molar-refractivity contribution in [2.75, 3.05) is 6.61 Å². The number of benzene rings is 1. The summed E-state index contributed by atoms with van der Waals surface area (Å²) in [4.78, 5) is 20.0. The SMILES string of the molecule is CCC[Si](C)(C)NC(=O)CC1(CC)OCCc2c1[nH]c1c(CC)cccc21. The Morgan fingerprint density at radius 3 is 2.74 bits per heavy atom. The number of fused-ring (bicyclic) bond motifs is 3. The number of para-hydroxylation sites is 1. The smallest absolute Gasteiger partial charge is 0.215 e. The van der Waals surface area contributed by atoms with Gasteiger partial charge in [0.1, 0.15) is 5.60 Å². The van der Waals surface area contributed by atoms with E-state index in [-0.39, 0.29) is 5.91 Å². The van der Waals surface area contributed by atoms with Gasteiger partial charge in [-0.25, -0.2) is 0 Å². The Hall–Kier alpha value is -1.59. The molecule has 5 heteroatoms. The zero-order valence-corrected chi connectivity index (χ0v) is 18.5. The summed E-state index contributed by atoms with van der Waals surface area (Å²) in [6.45, 7) is 11.6. The molecule has 1 amide bonds. The van der Waals surface area contributed by atoms with Crippen molar-refractivity contribution >= 4 is 25.0 Å². The van der Waals surface area contributed by atoms with Crippen LogP contribution in [0, 0.1) is 0 Å². The number of aryl methyl sites for hydroxylation is 1. The van der Waals surface area contributed by atoms with E-state index in [0.29, 0.717) is 13.0 Å². The number of hydrogen-bond acceptors (Lipinski definition) is 2. The zero-order chi connectivity index (χ0) is 19.7. The third-order valence-electron chi connectivity index (χ3n) is 5.96. The highest BCUT2D eigenvalue weighted by Gasteiger charge is 2.41. The summed E-state index contributed by atoms with van der Waals surface area (Å²) in [6.07, 6.45) is 4.19. The lowest BCUT2D eigenvalue weighted by molar-refractivity contribution is -0.131. The normalized spacial score (nSPS) is 19.9. The molecule has 148 valence electrons. The lowest BCUT2D eigenvalue weighted by atomic mass is 9.86. The summed E-state index contributed by atoms with van der Waals surface area (Å²) in [7, 11) is -1.70. The maximum atomic E-state index is 12.9. The first kappa shape index (κ1) is 20.1. The molecule has 4 nitrogen and oxygen atoms in total. The highest BCUT2D eigenvalue weighted by atomic mass is 28.3. The minimum Gasteiger partial charge on any atom is -0.382 e. The third kappa shape index (κ3) is 3.85. The minimum atomic E-state index is -1.70. The van der Waals surface area contributed by atoms with Crippen LogP contribution in [0.3, 0.4) is 0 Å². The number of aromatic amines is 1. The van der Waals surface area contributed by atoms with Gasteiger partial charge in [0.15, 0.2) is 8.24 Å². The Morgan fingerprint density at radius 1 is 1.30 bits per heavy atom. The molecule has 0 bridgehead atoms. The fourth-order valence-electron chi connectivity index (χ4n) is 4.61. The molecule has 2 N–H and O–H groups in total. The van der Waals surface area contributed by atoms with Crippen LogP contribution in [0.4, 0.5) is 0 Å². The minimum absolute atomic E-state index is 0.129. The maximum absolute atomic E-state index is 12.9. The van der Waals surface area contributed by atoms with Gasteiger partial charge in [-0.05, 0) is 36.4 Å². The second kappa shape index (κ2) is 7.80. The van der Waals surface area contributed by atoms with Crippen molar-refractivity contribution in [3.05, 3.63) is 35.0 Å². The number of aromatic nitrogens is 1. The molecule has 2 aromatic rings. The molecule has 1 atom stereocenters. The monoisotopic (exact) mass is 386 g/mol. The third-order valence-corrected chi connectivity index (χ3v) is 8.67. The van der Waals surface area contributed by atoms with E-state index in [9.17, 15) is 4.79 Å². The number of amides is 1. The van der Waals surface area contributed by atoms with Crippen LogP contribution in [0.1, 0.15) is 56.9 Å². The lowest BCUT2D eigenvalue weighted by Gasteiger charge is -2.37. The highest BCUT2D eigenvalue weighted by molar-refractivity contribution is 6.77. The predicted octanol–water partition coefficient (Wildman–Crippen LogP) is 5.03. The van der Waals surface area contributed by atoms with Crippen LogP contribution < -0.4 is 4.98 Å². The molecular weight excluding hydrogens is 352 g/mol. The fraction of sp³-hybridized carbons (Fsp3) is 0.591. The highest BCUT2D eigenvalue weighted by Crippen LogP contribution is 2.42. The number of H-pyrrole nitrogens is 1. The summed E-state index contributed by atoms with van der Waals surface area (Å²) in [5.41, 5.74) is 4.46. The van der Waals surface area contributed by atoms with Crippen molar-refractivity contribution in [3.63, 3.8) is 0 Å². The first-order valence-electron chi connectivity index (χ1n) is 10.4. The molecular formula is C22H34N2O2Si. The summed E-state index contributed by atoms with van der Waals surface area (Å²) in [6, 6.07) is 7.64. The van der Waals surface area contributed by atoms with E-state index in [4.69, 9.17) is 4.74 Å². The number of nitrogens with one attached hydrogen (secondary N) is 2. The lowest BCUT2D eigenvalue weighted by Crippen LogP contribution is -2.50. The van der Waals surface area contributed by atoms with Gasteiger partial charge in [-0.2, -0.15) is 0 Å². The van der Waals surface area contributed by atoms with Crippen LogP contribution in [0.15, 0.2) is 18.2 Å². The first-order valence-corrected chi connectivity index (χ1v) is 13.6. The molecule has 27 heavy (non-hydrogen) atoms. The topological polar surface area (TPSA) is 54.1 Å². The van der Waals surface area contributed by atoms with Crippen molar-refractivity contribution in [2.45, 2.75) is 77.6 Å². The van der Waals surface area contributed by atoms with E-state index in [2.05, 4.69) is 62.0 Å². The summed E-state index contributed by atoms with van der Waals surface area (Å²) >= 11 is 0. The Kier molecular flexibility index (Phi) is 5.82.